The summed E-state index contributed by atoms with van der Waals surface area (Å²) in [7, 11) is 0. The molecule has 1 aliphatic carbocycles. The molecule has 3 atom stereocenters. The average Bonchev–Trinajstić information content (AvgIpc) is 2.03. The molecule has 1 fully saturated rings. The zero-order valence-corrected chi connectivity index (χ0v) is 8.79. The quantitative estimate of drug-likeness (QED) is 0.716. The molecule has 0 aromatic carbocycles. The van der Waals surface area contributed by atoms with Crippen LogP contribution in [0.25, 0.3) is 0 Å². The molecule has 2 nitrogen and oxygen atoms in total. The van der Waals surface area contributed by atoms with E-state index in [1.54, 1.807) is 0 Å². The van der Waals surface area contributed by atoms with E-state index in [2.05, 4.69) is 20.8 Å². The Labute approximate surface area is 80.3 Å². The first kappa shape index (κ1) is 10.6. The molecule has 0 aromatic heterocycles. The van der Waals surface area contributed by atoms with Crippen molar-refractivity contribution in [3.63, 3.8) is 0 Å². The van der Waals surface area contributed by atoms with Gasteiger partial charge in [0.05, 0.1) is 5.92 Å². The predicted molar refractivity (Wildman–Crippen MR) is 52.5 cm³/mol. The lowest BCUT2D eigenvalue weighted by molar-refractivity contribution is -0.146. The molecule has 13 heavy (non-hydrogen) atoms. The van der Waals surface area contributed by atoms with Gasteiger partial charge in [0.1, 0.15) is 0 Å². The van der Waals surface area contributed by atoms with E-state index in [0.717, 1.165) is 19.3 Å². The lowest BCUT2D eigenvalue weighted by atomic mass is 9.70. The number of aliphatic carboxylic acids is 1. The maximum absolute atomic E-state index is 11.0. The van der Waals surface area contributed by atoms with Crippen LogP contribution in [0.5, 0.6) is 0 Å². The van der Waals surface area contributed by atoms with Crippen molar-refractivity contribution in [2.45, 2.75) is 40.0 Å². The van der Waals surface area contributed by atoms with Crippen molar-refractivity contribution in [3.05, 3.63) is 0 Å². The number of carbonyl (C=O) groups is 1. The molecular formula is C11H20O2. The average molecular weight is 184 g/mol. The van der Waals surface area contributed by atoms with Crippen molar-refractivity contribution >= 4 is 5.97 Å². The number of rotatable bonds is 2. The topological polar surface area (TPSA) is 37.3 Å². The van der Waals surface area contributed by atoms with Gasteiger partial charge in [0.2, 0.25) is 0 Å². The molecule has 1 saturated carbocycles. The lowest BCUT2D eigenvalue weighted by Crippen LogP contribution is -2.32. The molecule has 1 rings (SSSR count). The normalized spacial score (nSPS) is 34.9. The number of hydrogen-bond donors (Lipinski definition) is 1. The highest BCUT2D eigenvalue weighted by molar-refractivity contribution is 5.70. The van der Waals surface area contributed by atoms with Crippen LogP contribution in [-0.2, 0) is 4.79 Å². The molecule has 1 N–H and O–H groups in total. The third-order valence-corrected chi connectivity index (χ3v) is 3.34. The second kappa shape index (κ2) is 4.12. The van der Waals surface area contributed by atoms with Crippen LogP contribution in [0, 0.1) is 23.7 Å². The van der Waals surface area contributed by atoms with E-state index >= 15 is 0 Å². The van der Waals surface area contributed by atoms with Crippen molar-refractivity contribution in [2.24, 2.45) is 23.7 Å². The molecule has 0 saturated heterocycles. The van der Waals surface area contributed by atoms with Gasteiger partial charge in [-0.15, -0.1) is 0 Å². The van der Waals surface area contributed by atoms with Crippen molar-refractivity contribution in [2.75, 3.05) is 0 Å². The smallest absolute Gasteiger partial charge is 0.306 e. The highest BCUT2D eigenvalue weighted by atomic mass is 16.4. The van der Waals surface area contributed by atoms with E-state index in [9.17, 15) is 4.79 Å². The zero-order valence-electron chi connectivity index (χ0n) is 8.79. The van der Waals surface area contributed by atoms with E-state index in [-0.39, 0.29) is 5.92 Å². The highest BCUT2D eigenvalue weighted by Gasteiger charge is 2.34. The van der Waals surface area contributed by atoms with Crippen molar-refractivity contribution in [3.8, 4) is 0 Å². The first-order valence-corrected chi connectivity index (χ1v) is 5.25. The van der Waals surface area contributed by atoms with E-state index in [1.807, 2.05) is 0 Å². The van der Waals surface area contributed by atoms with E-state index in [0.29, 0.717) is 17.8 Å². The Morgan fingerprint density at radius 1 is 1.38 bits per heavy atom. The molecular weight excluding hydrogens is 164 g/mol. The van der Waals surface area contributed by atoms with Crippen LogP contribution in [-0.4, -0.2) is 11.1 Å². The van der Waals surface area contributed by atoms with Gasteiger partial charge in [0.25, 0.3) is 0 Å². The van der Waals surface area contributed by atoms with Crippen LogP contribution in [0.2, 0.25) is 0 Å². The molecule has 0 heterocycles. The van der Waals surface area contributed by atoms with Gasteiger partial charge in [-0.2, -0.15) is 0 Å². The zero-order chi connectivity index (χ0) is 10.0. The van der Waals surface area contributed by atoms with E-state index < -0.39 is 5.97 Å². The molecule has 0 spiro atoms. The van der Waals surface area contributed by atoms with Crippen molar-refractivity contribution in [1.29, 1.82) is 0 Å². The van der Waals surface area contributed by atoms with Crippen LogP contribution in [0.4, 0.5) is 0 Å². The summed E-state index contributed by atoms with van der Waals surface area (Å²) >= 11 is 0. The number of carboxylic acid groups (broad SMARTS) is 1. The second-order valence-electron chi connectivity index (χ2n) is 4.77. The largest absolute Gasteiger partial charge is 0.481 e. The van der Waals surface area contributed by atoms with Crippen molar-refractivity contribution < 1.29 is 9.90 Å². The SMILES string of the molecule is CC1CCC(C(=O)O)C(C(C)C)C1. The van der Waals surface area contributed by atoms with Gasteiger partial charge in [-0.3, -0.25) is 4.79 Å². The molecule has 0 bridgehead atoms. The van der Waals surface area contributed by atoms with Crippen LogP contribution in [0.1, 0.15) is 40.0 Å². The molecule has 3 unspecified atom stereocenters. The minimum Gasteiger partial charge on any atom is -0.481 e. The standard InChI is InChI=1S/C11H20O2/c1-7(2)10-6-8(3)4-5-9(10)11(12)13/h7-10H,4-6H2,1-3H3,(H,12,13). The molecule has 2 heteroatoms. The maximum Gasteiger partial charge on any atom is 0.306 e. The Bertz CT molecular complexity index is 187. The lowest BCUT2D eigenvalue weighted by Gasteiger charge is -2.34. The number of hydrogen-bond acceptors (Lipinski definition) is 1. The summed E-state index contributed by atoms with van der Waals surface area (Å²) < 4.78 is 0. The summed E-state index contributed by atoms with van der Waals surface area (Å²) in [4.78, 5) is 11.0. The predicted octanol–water partition coefficient (Wildman–Crippen LogP) is 2.78. The first-order valence-electron chi connectivity index (χ1n) is 5.25. The third-order valence-electron chi connectivity index (χ3n) is 3.34. The van der Waals surface area contributed by atoms with Crippen molar-refractivity contribution in [1.82, 2.24) is 0 Å². The summed E-state index contributed by atoms with van der Waals surface area (Å²) in [5.74, 6) is 0.926. The molecule has 0 aliphatic heterocycles. The summed E-state index contributed by atoms with van der Waals surface area (Å²) in [6.45, 7) is 6.50. The van der Waals surface area contributed by atoms with Gasteiger partial charge in [0, 0.05) is 0 Å². The minimum atomic E-state index is -0.592. The van der Waals surface area contributed by atoms with E-state index in [4.69, 9.17) is 5.11 Å². The summed E-state index contributed by atoms with van der Waals surface area (Å²) in [5, 5.41) is 9.04. The Hall–Kier alpha value is -0.530. The molecule has 76 valence electrons. The van der Waals surface area contributed by atoms with E-state index in [1.165, 1.54) is 0 Å². The van der Waals surface area contributed by atoms with Crippen LogP contribution >= 0.6 is 0 Å². The van der Waals surface area contributed by atoms with Crippen LogP contribution in [0.15, 0.2) is 0 Å². The summed E-state index contributed by atoms with van der Waals surface area (Å²) in [6, 6.07) is 0. The fourth-order valence-electron chi connectivity index (χ4n) is 2.47. The third kappa shape index (κ3) is 2.45. The summed E-state index contributed by atoms with van der Waals surface area (Å²) in [5.41, 5.74) is 0. The molecule has 0 amide bonds. The van der Waals surface area contributed by atoms with Gasteiger partial charge in [-0.1, -0.05) is 20.8 Å². The Morgan fingerprint density at radius 3 is 2.46 bits per heavy atom. The Morgan fingerprint density at radius 2 is 2.00 bits per heavy atom. The summed E-state index contributed by atoms with van der Waals surface area (Å²) in [6.07, 6.45) is 3.05. The Kier molecular flexibility index (Phi) is 3.34. The fraction of sp³-hybridized carbons (Fsp3) is 0.909. The van der Waals surface area contributed by atoms with Crippen LogP contribution < -0.4 is 0 Å². The highest BCUT2D eigenvalue weighted by Crippen LogP contribution is 2.37. The molecule has 1 aliphatic rings. The number of carboxylic acids is 1. The van der Waals surface area contributed by atoms with Gasteiger partial charge < -0.3 is 5.11 Å². The fourth-order valence-corrected chi connectivity index (χ4v) is 2.47. The van der Waals surface area contributed by atoms with Gasteiger partial charge in [-0.25, -0.2) is 0 Å². The van der Waals surface area contributed by atoms with Crippen LogP contribution in [0.3, 0.4) is 0 Å². The molecule has 0 aromatic rings. The maximum atomic E-state index is 11.0. The first-order chi connectivity index (χ1) is 6.02. The van der Waals surface area contributed by atoms with Gasteiger partial charge in [0.15, 0.2) is 0 Å². The van der Waals surface area contributed by atoms with Gasteiger partial charge in [-0.05, 0) is 37.0 Å². The second-order valence-corrected chi connectivity index (χ2v) is 4.77. The Balaban J connectivity index is 2.66. The minimum absolute atomic E-state index is 0.0869. The van der Waals surface area contributed by atoms with Gasteiger partial charge >= 0.3 is 5.97 Å². The monoisotopic (exact) mass is 184 g/mol. The molecule has 0 radical (unpaired) electrons.